The molecule has 1 heterocycles. The predicted octanol–water partition coefficient (Wildman–Crippen LogP) is 3.92. The van der Waals surface area contributed by atoms with Gasteiger partial charge in [0.25, 0.3) is 5.56 Å². The number of benzene rings is 1. The summed E-state index contributed by atoms with van der Waals surface area (Å²) in [5.41, 5.74) is 0.621. The minimum absolute atomic E-state index is 0.0640. The van der Waals surface area contributed by atoms with Crippen LogP contribution in [0.5, 0.6) is 0 Å². The van der Waals surface area contributed by atoms with Crippen LogP contribution in [0.25, 0.3) is 10.9 Å². The first kappa shape index (κ1) is 21.5. The van der Waals surface area contributed by atoms with Crippen molar-refractivity contribution in [2.75, 3.05) is 20.3 Å². The van der Waals surface area contributed by atoms with E-state index < -0.39 is 0 Å². The maximum atomic E-state index is 13.4. The smallest absolute Gasteiger partial charge is 0.261 e. The Morgan fingerprint density at radius 2 is 2.00 bits per heavy atom. The second kappa shape index (κ2) is 10.0. The van der Waals surface area contributed by atoms with Gasteiger partial charge in [-0.2, -0.15) is 0 Å². The van der Waals surface area contributed by atoms with E-state index in [0.29, 0.717) is 36.4 Å². The van der Waals surface area contributed by atoms with Crippen molar-refractivity contribution < 1.29 is 9.53 Å². The number of nitrogens with zero attached hydrogens (tertiary/aromatic N) is 3. The Kier molecular flexibility index (Phi) is 7.42. The van der Waals surface area contributed by atoms with Gasteiger partial charge in [0.05, 0.1) is 30.1 Å². The van der Waals surface area contributed by atoms with E-state index in [1.54, 1.807) is 11.7 Å². The molecule has 1 fully saturated rings. The normalized spacial score (nSPS) is 15.7. The van der Waals surface area contributed by atoms with Gasteiger partial charge in [-0.3, -0.25) is 14.2 Å². The lowest BCUT2D eigenvalue weighted by Gasteiger charge is -2.34. The quantitative estimate of drug-likeness (QED) is 0.641. The van der Waals surface area contributed by atoms with Gasteiger partial charge in [0.2, 0.25) is 5.91 Å². The average Bonchev–Trinajstić information content (AvgIpc) is 3.28. The van der Waals surface area contributed by atoms with Crippen LogP contribution in [0.2, 0.25) is 0 Å². The van der Waals surface area contributed by atoms with E-state index in [-0.39, 0.29) is 23.4 Å². The lowest BCUT2D eigenvalue weighted by atomic mass is 10.0. The van der Waals surface area contributed by atoms with Gasteiger partial charge in [0.1, 0.15) is 5.82 Å². The number of hydrogen-bond donors (Lipinski definition) is 0. The Morgan fingerprint density at radius 3 is 2.66 bits per heavy atom. The fraction of sp³-hybridized carbons (Fsp3) is 0.609. The Labute approximate surface area is 172 Å². The van der Waals surface area contributed by atoms with Crippen LogP contribution in [0.4, 0.5) is 0 Å². The van der Waals surface area contributed by atoms with Gasteiger partial charge in [-0.25, -0.2) is 4.98 Å². The summed E-state index contributed by atoms with van der Waals surface area (Å²) >= 11 is 0. The number of hydrogen-bond acceptors (Lipinski definition) is 4. The highest BCUT2D eigenvalue weighted by Crippen LogP contribution is 2.31. The number of ether oxygens (including phenoxy) is 1. The summed E-state index contributed by atoms with van der Waals surface area (Å²) in [4.78, 5) is 33.5. The number of carbonyl (C=O) groups is 1. The monoisotopic (exact) mass is 399 g/mol. The molecule has 0 radical (unpaired) electrons. The third-order valence-corrected chi connectivity index (χ3v) is 5.92. The molecule has 158 valence electrons. The van der Waals surface area contributed by atoms with Crippen LogP contribution < -0.4 is 5.56 Å². The third kappa shape index (κ3) is 4.53. The number of methoxy groups -OCH3 is 1. The van der Waals surface area contributed by atoms with Crippen molar-refractivity contribution in [1.29, 1.82) is 0 Å². The van der Waals surface area contributed by atoms with E-state index in [2.05, 4.69) is 13.8 Å². The standard InChI is InChI=1S/C23H33N3O3/c1-4-14-25(22(27)17-10-6-7-11-17)20(5-2)21-24-19-13-9-8-12-18(19)23(28)26(21)15-16-29-3/h8-9,12-13,17,20H,4-7,10-11,14-16H2,1-3H3. The Morgan fingerprint density at radius 1 is 1.28 bits per heavy atom. The van der Waals surface area contributed by atoms with Gasteiger partial charge in [-0.15, -0.1) is 0 Å². The molecule has 0 N–H and O–H groups in total. The summed E-state index contributed by atoms with van der Waals surface area (Å²) in [5, 5.41) is 0.603. The number of amides is 1. The highest BCUT2D eigenvalue weighted by Gasteiger charge is 2.33. The van der Waals surface area contributed by atoms with Gasteiger partial charge in [0, 0.05) is 19.6 Å². The number of carbonyl (C=O) groups excluding carboxylic acids is 1. The number of aromatic nitrogens is 2. The van der Waals surface area contributed by atoms with Crippen molar-refractivity contribution in [3.8, 4) is 0 Å². The largest absolute Gasteiger partial charge is 0.383 e. The fourth-order valence-corrected chi connectivity index (χ4v) is 4.45. The molecule has 1 unspecified atom stereocenters. The Bertz CT molecular complexity index is 887. The lowest BCUT2D eigenvalue weighted by Crippen LogP contribution is -2.42. The molecular formula is C23H33N3O3. The van der Waals surface area contributed by atoms with Crippen LogP contribution in [0.15, 0.2) is 29.1 Å². The van der Waals surface area contributed by atoms with Crippen LogP contribution in [0.1, 0.15) is 64.2 Å². The van der Waals surface area contributed by atoms with E-state index in [1.165, 1.54) is 0 Å². The SMILES string of the molecule is CCCN(C(=O)C1CCCC1)C(CC)c1nc2ccccc2c(=O)n1CCOC. The maximum Gasteiger partial charge on any atom is 0.261 e. The number of fused-ring (bicyclic) bond motifs is 1. The first-order valence-electron chi connectivity index (χ1n) is 10.9. The molecule has 0 spiro atoms. The Balaban J connectivity index is 2.10. The van der Waals surface area contributed by atoms with Crippen LogP contribution in [-0.4, -0.2) is 40.6 Å². The molecule has 6 nitrogen and oxygen atoms in total. The van der Waals surface area contributed by atoms with E-state index in [0.717, 1.165) is 38.5 Å². The van der Waals surface area contributed by atoms with Crippen molar-refractivity contribution in [2.45, 2.75) is 65.0 Å². The zero-order valence-electron chi connectivity index (χ0n) is 17.9. The molecule has 1 saturated carbocycles. The van der Waals surface area contributed by atoms with Crippen LogP contribution >= 0.6 is 0 Å². The van der Waals surface area contributed by atoms with E-state index >= 15 is 0 Å². The molecule has 2 aromatic rings. The van der Waals surface area contributed by atoms with Crippen LogP contribution in [0, 0.1) is 5.92 Å². The van der Waals surface area contributed by atoms with Crippen molar-refractivity contribution in [3.05, 3.63) is 40.4 Å². The van der Waals surface area contributed by atoms with E-state index in [1.807, 2.05) is 29.2 Å². The highest BCUT2D eigenvalue weighted by molar-refractivity contribution is 5.80. The molecule has 29 heavy (non-hydrogen) atoms. The summed E-state index contributed by atoms with van der Waals surface area (Å²) in [6, 6.07) is 7.22. The summed E-state index contributed by atoms with van der Waals surface area (Å²) in [7, 11) is 1.63. The fourth-order valence-electron chi connectivity index (χ4n) is 4.45. The second-order valence-corrected chi connectivity index (χ2v) is 7.87. The molecule has 0 bridgehead atoms. The second-order valence-electron chi connectivity index (χ2n) is 7.87. The maximum absolute atomic E-state index is 13.4. The van der Waals surface area contributed by atoms with Gasteiger partial charge >= 0.3 is 0 Å². The summed E-state index contributed by atoms with van der Waals surface area (Å²) in [5.74, 6) is 1.00. The predicted molar refractivity (Wildman–Crippen MR) is 115 cm³/mol. The van der Waals surface area contributed by atoms with Gasteiger partial charge in [-0.1, -0.05) is 38.8 Å². The molecule has 3 rings (SSSR count). The molecule has 1 aromatic heterocycles. The first-order valence-corrected chi connectivity index (χ1v) is 10.9. The summed E-state index contributed by atoms with van der Waals surface area (Å²) in [6.45, 7) is 5.69. The van der Waals surface area contributed by atoms with Crippen molar-refractivity contribution >= 4 is 16.8 Å². The molecular weight excluding hydrogens is 366 g/mol. The summed E-state index contributed by atoms with van der Waals surface area (Å²) < 4.78 is 6.96. The Hall–Kier alpha value is -2.21. The molecule has 1 amide bonds. The zero-order chi connectivity index (χ0) is 20.8. The summed E-state index contributed by atoms with van der Waals surface area (Å²) in [6.07, 6.45) is 5.79. The first-order chi connectivity index (χ1) is 14.1. The van der Waals surface area contributed by atoms with Gasteiger partial charge in [0.15, 0.2) is 0 Å². The molecule has 1 aromatic carbocycles. The molecule has 1 aliphatic rings. The molecule has 0 saturated heterocycles. The van der Waals surface area contributed by atoms with E-state index in [9.17, 15) is 9.59 Å². The van der Waals surface area contributed by atoms with Crippen molar-refractivity contribution in [3.63, 3.8) is 0 Å². The topological polar surface area (TPSA) is 64.4 Å². The minimum Gasteiger partial charge on any atom is -0.383 e. The molecule has 1 atom stereocenters. The van der Waals surface area contributed by atoms with Crippen LogP contribution in [-0.2, 0) is 16.1 Å². The third-order valence-electron chi connectivity index (χ3n) is 5.92. The zero-order valence-corrected chi connectivity index (χ0v) is 17.9. The number of para-hydroxylation sites is 1. The molecule has 1 aliphatic carbocycles. The molecule has 6 heteroatoms. The van der Waals surface area contributed by atoms with Crippen molar-refractivity contribution in [1.82, 2.24) is 14.5 Å². The average molecular weight is 400 g/mol. The minimum atomic E-state index is -0.211. The van der Waals surface area contributed by atoms with Gasteiger partial charge < -0.3 is 9.64 Å². The number of rotatable bonds is 9. The van der Waals surface area contributed by atoms with Crippen molar-refractivity contribution in [2.24, 2.45) is 5.92 Å². The van der Waals surface area contributed by atoms with Gasteiger partial charge in [-0.05, 0) is 37.8 Å². The lowest BCUT2D eigenvalue weighted by molar-refractivity contribution is -0.138. The highest BCUT2D eigenvalue weighted by atomic mass is 16.5. The molecule has 0 aliphatic heterocycles. The van der Waals surface area contributed by atoms with E-state index in [4.69, 9.17) is 9.72 Å². The van der Waals surface area contributed by atoms with Crippen LogP contribution in [0.3, 0.4) is 0 Å².